The lowest BCUT2D eigenvalue weighted by atomic mass is 9.95. The Balaban J connectivity index is 1.74. The molecule has 18 heavy (non-hydrogen) atoms. The van der Waals surface area contributed by atoms with E-state index in [9.17, 15) is 4.79 Å². The van der Waals surface area contributed by atoms with Gasteiger partial charge in [-0.2, -0.15) is 0 Å². The molecule has 0 saturated heterocycles. The molecule has 0 aromatic heterocycles. The molecule has 0 spiro atoms. The molecule has 2 rings (SSSR count). The fourth-order valence-electron chi connectivity index (χ4n) is 2.22. The highest BCUT2D eigenvalue weighted by molar-refractivity contribution is 14.1. The molecular formula is C14H18INO2. The summed E-state index contributed by atoms with van der Waals surface area (Å²) >= 11 is 2.23. The van der Waals surface area contributed by atoms with Gasteiger partial charge < -0.3 is 10.1 Å². The van der Waals surface area contributed by atoms with Crippen LogP contribution in [0.3, 0.4) is 0 Å². The second kappa shape index (κ2) is 6.97. The van der Waals surface area contributed by atoms with Gasteiger partial charge >= 0.3 is 0 Å². The maximum Gasteiger partial charge on any atom is 0.258 e. The molecule has 0 bridgehead atoms. The highest BCUT2D eigenvalue weighted by Gasteiger charge is 2.15. The molecule has 1 aliphatic carbocycles. The molecule has 1 aromatic rings. The van der Waals surface area contributed by atoms with Crippen molar-refractivity contribution < 1.29 is 9.53 Å². The average Bonchev–Trinajstić information content (AvgIpc) is 2.38. The molecule has 4 heteroatoms. The van der Waals surface area contributed by atoms with Gasteiger partial charge in [-0.25, -0.2) is 0 Å². The summed E-state index contributed by atoms with van der Waals surface area (Å²) in [5.74, 6) is 0.737. The van der Waals surface area contributed by atoms with Gasteiger partial charge in [0.05, 0.1) is 0 Å². The first-order valence-corrected chi connectivity index (χ1v) is 7.49. The molecule has 1 aliphatic rings. The molecular weight excluding hydrogens is 341 g/mol. The molecule has 0 heterocycles. The van der Waals surface area contributed by atoms with Crippen LogP contribution in [0.2, 0.25) is 0 Å². The fraction of sp³-hybridized carbons (Fsp3) is 0.500. The second-order valence-corrected chi connectivity index (χ2v) is 5.89. The summed E-state index contributed by atoms with van der Waals surface area (Å²) in [5, 5.41) is 3.04. The first-order valence-electron chi connectivity index (χ1n) is 6.42. The van der Waals surface area contributed by atoms with E-state index in [1.54, 1.807) is 0 Å². The quantitative estimate of drug-likeness (QED) is 0.839. The van der Waals surface area contributed by atoms with Crippen molar-refractivity contribution in [2.45, 2.75) is 38.1 Å². The van der Waals surface area contributed by atoms with E-state index >= 15 is 0 Å². The molecule has 3 nitrogen and oxygen atoms in total. The largest absolute Gasteiger partial charge is 0.484 e. The van der Waals surface area contributed by atoms with Crippen molar-refractivity contribution in [3.05, 3.63) is 27.8 Å². The van der Waals surface area contributed by atoms with Crippen LogP contribution in [0.5, 0.6) is 5.75 Å². The van der Waals surface area contributed by atoms with Crippen LogP contribution in [0.15, 0.2) is 24.3 Å². The number of carbonyl (C=O) groups excluding carboxylic acids is 1. The summed E-state index contributed by atoms with van der Waals surface area (Å²) < 4.78 is 6.58. The van der Waals surface area contributed by atoms with Gasteiger partial charge in [0.1, 0.15) is 5.75 Å². The summed E-state index contributed by atoms with van der Waals surface area (Å²) in [6.45, 7) is 0.108. The Hall–Kier alpha value is -0.780. The van der Waals surface area contributed by atoms with Crippen LogP contribution >= 0.6 is 22.6 Å². The third-order valence-corrected chi connectivity index (χ3v) is 3.81. The number of amides is 1. The number of benzene rings is 1. The van der Waals surface area contributed by atoms with Gasteiger partial charge in [-0.05, 0) is 53.6 Å². The van der Waals surface area contributed by atoms with E-state index in [-0.39, 0.29) is 12.5 Å². The fourth-order valence-corrected chi connectivity index (χ4v) is 2.74. The van der Waals surface area contributed by atoms with Crippen LogP contribution in [0.1, 0.15) is 32.1 Å². The third kappa shape index (κ3) is 4.48. The van der Waals surface area contributed by atoms with Crippen LogP contribution in [0.4, 0.5) is 0 Å². The Labute approximate surface area is 121 Å². The Morgan fingerprint density at radius 2 is 2.11 bits per heavy atom. The van der Waals surface area contributed by atoms with Crippen LogP contribution in [-0.4, -0.2) is 18.6 Å². The summed E-state index contributed by atoms with van der Waals surface area (Å²) in [7, 11) is 0. The molecule has 1 amide bonds. The first kappa shape index (κ1) is 13.6. The monoisotopic (exact) mass is 359 g/mol. The SMILES string of the molecule is O=C(COc1cccc(I)c1)NC1CCCCC1. The Bertz CT molecular complexity index is 403. The van der Waals surface area contributed by atoms with E-state index in [1.165, 1.54) is 19.3 Å². The highest BCUT2D eigenvalue weighted by Crippen LogP contribution is 2.17. The van der Waals surface area contributed by atoms with Gasteiger partial charge in [0.2, 0.25) is 0 Å². The van der Waals surface area contributed by atoms with Crippen LogP contribution in [0, 0.1) is 3.57 Å². The number of hydrogen-bond acceptors (Lipinski definition) is 2. The zero-order valence-electron chi connectivity index (χ0n) is 10.3. The molecule has 1 aromatic carbocycles. The minimum atomic E-state index is -0.0132. The predicted molar refractivity (Wildman–Crippen MR) is 79.7 cm³/mol. The standard InChI is InChI=1S/C14H18INO2/c15-11-5-4-8-13(9-11)18-10-14(17)16-12-6-2-1-3-7-12/h4-5,8-9,12H,1-3,6-7,10H2,(H,16,17). The van der Waals surface area contributed by atoms with Crippen LogP contribution in [0.25, 0.3) is 0 Å². The van der Waals surface area contributed by atoms with E-state index in [0.717, 1.165) is 22.2 Å². The molecule has 0 unspecified atom stereocenters. The molecule has 0 atom stereocenters. The zero-order valence-corrected chi connectivity index (χ0v) is 12.5. The van der Waals surface area contributed by atoms with Crippen molar-refractivity contribution in [2.24, 2.45) is 0 Å². The van der Waals surface area contributed by atoms with Crippen molar-refractivity contribution in [3.63, 3.8) is 0 Å². The van der Waals surface area contributed by atoms with E-state index in [0.29, 0.717) is 6.04 Å². The number of hydrogen-bond donors (Lipinski definition) is 1. The van der Waals surface area contributed by atoms with E-state index in [1.807, 2.05) is 24.3 Å². The number of halogens is 1. The predicted octanol–water partition coefficient (Wildman–Crippen LogP) is 3.12. The van der Waals surface area contributed by atoms with Crippen LogP contribution in [-0.2, 0) is 4.79 Å². The van der Waals surface area contributed by atoms with Gasteiger partial charge in [-0.15, -0.1) is 0 Å². The average molecular weight is 359 g/mol. The summed E-state index contributed by atoms with van der Waals surface area (Å²) in [6, 6.07) is 8.07. The normalized spacial score (nSPS) is 16.3. The van der Waals surface area contributed by atoms with Crippen molar-refractivity contribution >= 4 is 28.5 Å². The number of nitrogens with one attached hydrogen (secondary N) is 1. The Morgan fingerprint density at radius 3 is 2.83 bits per heavy atom. The minimum Gasteiger partial charge on any atom is -0.484 e. The first-order chi connectivity index (χ1) is 8.74. The van der Waals surface area contributed by atoms with Crippen molar-refractivity contribution in [3.8, 4) is 5.75 Å². The zero-order chi connectivity index (χ0) is 12.8. The molecule has 1 saturated carbocycles. The van der Waals surface area contributed by atoms with Crippen molar-refractivity contribution in [1.82, 2.24) is 5.32 Å². The van der Waals surface area contributed by atoms with Crippen molar-refractivity contribution in [2.75, 3.05) is 6.61 Å². The summed E-state index contributed by atoms with van der Waals surface area (Å²) in [5.41, 5.74) is 0. The Morgan fingerprint density at radius 1 is 1.33 bits per heavy atom. The third-order valence-electron chi connectivity index (χ3n) is 3.14. The molecule has 1 fully saturated rings. The highest BCUT2D eigenvalue weighted by atomic mass is 127. The second-order valence-electron chi connectivity index (χ2n) is 4.65. The molecule has 0 aliphatic heterocycles. The van der Waals surface area contributed by atoms with Gasteiger partial charge in [0.15, 0.2) is 6.61 Å². The van der Waals surface area contributed by atoms with E-state index in [4.69, 9.17) is 4.74 Å². The maximum absolute atomic E-state index is 11.7. The number of ether oxygens (including phenoxy) is 1. The molecule has 0 radical (unpaired) electrons. The van der Waals surface area contributed by atoms with Gasteiger partial charge in [0.25, 0.3) is 5.91 Å². The van der Waals surface area contributed by atoms with Crippen LogP contribution < -0.4 is 10.1 Å². The lowest BCUT2D eigenvalue weighted by Crippen LogP contribution is -2.38. The maximum atomic E-state index is 11.7. The molecule has 98 valence electrons. The summed E-state index contributed by atoms with van der Waals surface area (Å²) in [4.78, 5) is 11.7. The molecule has 1 N–H and O–H groups in total. The Kier molecular flexibility index (Phi) is 5.28. The minimum absolute atomic E-state index is 0.0132. The number of rotatable bonds is 4. The summed E-state index contributed by atoms with van der Waals surface area (Å²) in [6.07, 6.45) is 5.96. The lowest BCUT2D eigenvalue weighted by molar-refractivity contribution is -0.124. The van der Waals surface area contributed by atoms with E-state index < -0.39 is 0 Å². The smallest absolute Gasteiger partial charge is 0.258 e. The number of carbonyl (C=O) groups is 1. The van der Waals surface area contributed by atoms with Gasteiger partial charge in [-0.3, -0.25) is 4.79 Å². The van der Waals surface area contributed by atoms with Gasteiger partial charge in [-0.1, -0.05) is 25.3 Å². The lowest BCUT2D eigenvalue weighted by Gasteiger charge is -2.22. The van der Waals surface area contributed by atoms with Crippen molar-refractivity contribution in [1.29, 1.82) is 0 Å². The van der Waals surface area contributed by atoms with Gasteiger partial charge in [0, 0.05) is 9.61 Å². The van der Waals surface area contributed by atoms with E-state index in [2.05, 4.69) is 27.9 Å². The topological polar surface area (TPSA) is 38.3 Å².